The van der Waals surface area contributed by atoms with Crippen LogP contribution in [-0.2, 0) is 37.9 Å². The van der Waals surface area contributed by atoms with Crippen molar-refractivity contribution in [2.45, 2.75) is 0 Å². The van der Waals surface area contributed by atoms with Gasteiger partial charge in [0, 0.05) is 12.1 Å². The normalized spacial score (nSPS) is 10.2. The molecule has 0 atom stereocenters. The third-order valence-electron chi connectivity index (χ3n) is 2.03. The van der Waals surface area contributed by atoms with E-state index in [9.17, 15) is 25.9 Å². The van der Waals surface area contributed by atoms with Gasteiger partial charge in [-0.3, -0.25) is 0 Å². The Labute approximate surface area is 166 Å². The first kappa shape index (κ1) is 26.5. The Bertz CT molecular complexity index is 826. The number of aromatic hydroxyl groups is 2. The maximum atomic E-state index is 10.1. The van der Waals surface area contributed by atoms with E-state index in [0.29, 0.717) is 0 Å². The van der Waals surface area contributed by atoms with Crippen LogP contribution in [-0.4, -0.2) is 36.2 Å². The number of rotatable bonds is 4. The summed E-state index contributed by atoms with van der Waals surface area (Å²) in [7, 11) is -9.51. The van der Waals surface area contributed by atoms with Crippen LogP contribution < -0.4 is 8.37 Å². The molecule has 2 aromatic rings. The minimum absolute atomic E-state index is 0. The van der Waals surface area contributed by atoms with Crippen molar-refractivity contribution in [1.29, 1.82) is 0 Å². The molecule has 2 N–H and O–H groups in total. The zero-order valence-electron chi connectivity index (χ0n) is 12.3. The first-order valence-corrected chi connectivity index (χ1v) is 8.50. The third kappa shape index (κ3) is 12.6. The van der Waals surface area contributed by atoms with Crippen LogP contribution in [0.4, 0.5) is 0 Å². The second kappa shape index (κ2) is 11.1. The van der Waals surface area contributed by atoms with E-state index in [1.54, 1.807) is 0 Å². The van der Waals surface area contributed by atoms with Gasteiger partial charge < -0.3 is 27.7 Å². The fourth-order valence-electron chi connectivity index (χ4n) is 1.31. The first-order chi connectivity index (χ1) is 10.9. The average Bonchev–Trinajstić information content (AvgIpc) is 2.35. The van der Waals surface area contributed by atoms with Gasteiger partial charge in [-0.1, -0.05) is 12.1 Å². The second-order valence-corrected chi connectivity index (χ2v) is 5.94. The molecule has 0 bridgehead atoms. The van der Waals surface area contributed by atoms with Crippen LogP contribution in [0, 0.1) is 0 Å². The Hall–Kier alpha value is -1.73. The van der Waals surface area contributed by atoms with E-state index >= 15 is 0 Å². The molecule has 2 rings (SSSR count). The SMILES string of the molecule is Cl.O=S(=O)([O-])Oc1cccc(O)c1.O=S(=O)([O-])Oc1cccc(O)c1.[Cu+2]. The minimum atomic E-state index is -4.76. The largest absolute Gasteiger partial charge is 2.00 e. The van der Waals surface area contributed by atoms with Gasteiger partial charge in [0.05, 0.1) is 0 Å². The van der Waals surface area contributed by atoms with Gasteiger partial charge in [0.2, 0.25) is 0 Å². The van der Waals surface area contributed by atoms with Crippen molar-refractivity contribution in [1.82, 2.24) is 0 Å². The number of phenolic OH excluding ortho intramolecular Hbond substituents is 2. The summed E-state index contributed by atoms with van der Waals surface area (Å²) in [5.41, 5.74) is 0. The second-order valence-electron chi connectivity index (χ2n) is 3.98. The molecule has 26 heavy (non-hydrogen) atoms. The Morgan fingerprint density at radius 2 is 1.04 bits per heavy atom. The molecule has 0 aromatic heterocycles. The van der Waals surface area contributed by atoms with Gasteiger partial charge in [0.25, 0.3) is 20.8 Å². The van der Waals surface area contributed by atoms with Crippen molar-refractivity contribution in [2.75, 3.05) is 0 Å². The molecule has 0 spiro atoms. The molecular weight excluding hydrogens is 467 g/mol. The van der Waals surface area contributed by atoms with Crippen molar-refractivity contribution in [2.24, 2.45) is 0 Å². The van der Waals surface area contributed by atoms with Crippen LogP contribution in [0.5, 0.6) is 23.0 Å². The van der Waals surface area contributed by atoms with Crippen LogP contribution in [0.2, 0.25) is 0 Å². The fraction of sp³-hybridized carbons (Fsp3) is 0. The summed E-state index contributed by atoms with van der Waals surface area (Å²) in [6, 6.07) is 9.90. The summed E-state index contributed by atoms with van der Waals surface area (Å²) in [4.78, 5) is 0. The molecule has 0 aliphatic heterocycles. The molecule has 2 aromatic carbocycles. The summed E-state index contributed by atoms with van der Waals surface area (Å²) in [5, 5.41) is 17.7. The molecule has 0 amide bonds. The Morgan fingerprint density at radius 3 is 1.27 bits per heavy atom. The van der Waals surface area contributed by atoms with Crippen molar-refractivity contribution < 1.29 is 61.6 Å². The minimum Gasteiger partial charge on any atom is -0.716 e. The van der Waals surface area contributed by atoms with E-state index < -0.39 is 20.8 Å². The summed E-state index contributed by atoms with van der Waals surface area (Å²) in [6.07, 6.45) is 0. The van der Waals surface area contributed by atoms with Crippen molar-refractivity contribution >= 4 is 33.2 Å². The van der Waals surface area contributed by atoms with Crippen LogP contribution in [0.3, 0.4) is 0 Å². The predicted molar refractivity (Wildman–Crippen MR) is 84.1 cm³/mol. The van der Waals surface area contributed by atoms with Gasteiger partial charge in [-0.15, -0.1) is 12.4 Å². The van der Waals surface area contributed by atoms with E-state index in [2.05, 4.69) is 8.37 Å². The van der Waals surface area contributed by atoms with Gasteiger partial charge in [0.15, 0.2) is 0 Å². The van der Waals surface area contributed by atoms with Gasteiger partial charge >= 0.3 is 17.1 Å². The smallest absolute Gasteiger partial charge is 0.716 e. The van der Waals surface area contributed by atoms with Gasteiger partial charge in [-0.2, -0.15) is 0 Å². The number of hydrogen-bond acceptors (Lipinski definition) is 10. The van der Waals surface area contributed by atoms with Crippen LogP contribution in [0.1, 0.15) is 0 Å². The summed E-state index contributed by atoms with van der Waals surface area (Å²) in [5.74, 6) is -0.748. The number of hydrogen-bond donors (Lipinski definition) is 2. The van der Waals surface area contributed by atoms with E-state index in [4.69, 9.17) is 10.2 Å². The fourth-order valence-corrected chi connectivity index (χ4v) is 1.99. The molecule has 0 fully saturated rings. The van der Waals surface area contributed by atoms with Gasteiger partial charge in [-0.25, -0.2) is 16.8 Å². The molecule has 10 nitrogen and oxygen atoms in total. The third-order valence-corrected chi connectivity index (χ3v) is 2.82. The van der Waals surface area contributed by atoms with Gasteiger partial charge in [0.1, 0.15) is 23.0 Å². The maximum absolute atomic E-state index is 10.1. The number of halogens is 1. The maximum Gasteiger partial charge on any atom is 2.00 e. The Morgan fingerprint density at radius 1 is 0.731 bits per heavy atom. The first-order valence-electron chi connectivity index (χ1n) is 5.83. The van der Waals surface area contributed by atoms with Crippen molar-refractivity contribution in [3.63, 3.8) is 0 Å². The van der Waals surface area contributed by atoms with Crippen LogP contribution in [0.15, 0.2) is 48.5 Å². The van der Waals surface area contributed by atoms with Crippen LogP contribution >= 0.6 is 12.4 Å². The standard InChI is InChI=1S/2C6H6O5S.ClH.Cu/c2*7-5-2-1-3-6(4-5)11-12(8,9)10;;/h2*1-4,7H,(H,8,9,10);1H;/q;;;+2/p-2. The molecule has 0 aliphatic carbocycles. The zero-order valence-corrected chi connectivity index (χ0v) is 15.7. The summed E-state index contributed by atoms with van der Waals surface area (Å²) >= 11 is 0. The predicted octanol–water partition coefficient (Wildman–Crippen LogP) is 0.882. The molecule has 14 heteroatoms. The summed E-state index contributed by atoms with van der Waals surface area (Å²) in [6.45, 7) is 0. The van der Waals surface area contributed by atoms with E-state index in [1.807, 2.05) is 0 Å². The van der Waals surface area contributed by atoms with Crippen molar-refractivity contribution in [3.8, 4) is 23.0 Å². The average molecular weight is 478 g/mol. The van der Waals surface area contributed by atoms with E-state index in [0.717, 1.165) is 12.1 Å². The van der Waals surface area contributed by atoms with E-state index in [-0.39, 0.29) is 52.5 Å². The quantitative estimate of drug-likeness (QED) is 0.365. The molecule has 0 saturated carbocycles. The number of phenols is 2. The summed E-state index contributed by atoms with van der Waals surface area (Å²) < 4.78 is 68.2. The van der Waals surface area contributed by atoms with Crippen molar-refractivity contribution in [3.05, 3.63) is 48.5 Å². The molecule has 1 radical (unpaired) electrons. The zero-order chi connectivity index (χ0) is 18.4. The topological polar surface area (TPSA) is 173 Å². The van der Waals surface area contributed by atoms with Crippen LogP contribution in [0.25, 0.3) is 0 Å². The molecule has 0 aliphatic rings. The molecular formula is C12H11ClCuO10S2. The monoisotopic (exact) mass is 477 g/mol. The Balaban J connectivity index is 0. The Kier molecular flexibility index (Phi) is 11.3. The number of benzene rings is 2. The molecule has 0 saturated heterocycles. The molecule has 0 heterocycles. The molecule has 149 valence electrons. The van der Waals surface area contributed by atoms with E-state index in [1.165, 1.54) is 36.4 Å². The van der Waals surface area contributed by atoms with Gasteiger partial charge in [-0.05, 0) is 24.3 Å². The molecule has 0 unspecified atom stereocenters.